The van der Waals surface area contributed by atoms with Crippen molar-refractivity contribution in [3.63, 3.8) is 0 Å². The third kappa shape index (κ3) is 3.70. The molecule has 3 heteroatoms. The van der Waals surface area contributed by atoms with E-state index in [-0.39, 0.29) is 0 Å². The van der Waals surface area contributed by atoms with Gasteiger partial charge < -0.3 is 5.11 Å². The zero-order valence-corrected chi connectivity index (χ0v) is 10.7. The average molecular weight is 239 g/mol. The lowest BCUT2D eigenvalue weighted by Gasteiger charge is -2.34. The summed E-state index contributed by atoms with van der Waals surface area (Å²) >= 11 is 0. The van der Waals surface area contributed by atoms with Gasteiger partial charge in [-0.05, 0) is 38.6 Å². The summed E-state index contributed by atoms with van der Waals surface area (Å²) in [5.74, 6) is -0.650. The van der Waals surface area contributed by atoms with E-state index in [2.05, 4.69) is 4.90 Å². The first-order valence-electron chi connectivity index (χ1n) is 7.25. The zero-order chi connectivity index (χ0) is 12.1. The summed E-state index contributed by atoms with van der Waals surface area (Å²) in [7, 11) is 0. The van der Waals surface area contributed by atoms with Crippen molar-refractivity contribution in [3.8, 4) is 0 Å². The maximum absolute atomic E-state index is 10.6. The molecule has 3 nitrogen and oxygen atoms in total. The minimum Gasteiger partial charge on any atom is -0.481 e. The van der Waals surface area contributed by atoms with Crippen molar-refractivity contribution in [3.05, 3.63) is 0 Å². The van der Waals surface area contributed by atoms with Gasteiger partial charge in [-0.3, -0.25) is 9.69 Å². The molecular weight excluding hydrogens is 214 g/mol. The lowest BCUT2D eigenvalue weighted by Crippen LogP contribution is -2.41. The molecule has 1 N–H and O–H groups in total. The highest BCUT2D eigenvalue weighted by Gasteiger charge is 2.29. The average Bonchev–Trinajstić information content (AvgIpc) is 2.97. The maximum atomic E-state index is 10.6. The van der Waals surface area contributed by atoms with E-state index in [4.69, 9.17) is 5.11 Å². The van der Waals surface area contributed by atoms with Crippen molar-refractivity contribution in [1.29, 1.82) is 0 Å². The lowest BCUT2D eigenvalue weighted by atomic mass is 10.1. The molecule has 0 aliphatic heterocycles. The van der Waals surface area contributed by atoms with Gasteiger partial charge in [0.2, 0.25) is 0 Å². The summed E-state index contributed by atoms with van der Waals surface area (Å²) in [6, 6.07) is 1.51. The Hall–Kier alpha value is -0.570. The summed E-state index contributed by atoms with van der Waals surface area (Å²) in [6.45, 7) is 1.00. The highest BCUT2D eigenvalue weighted by atomic mass is 16.4. The molecule has 0 heterocycles. The number of carboxylic acids is 1. The molecule has 0 unspecified atom stereocenters. The van der Waals surface area contributed by atoms with Gasteiger partial charge in [-0.25, -0.2) is 0 Å². The summed E-state index contributed by atoms with van der Waals surface area (Å²) in [4.78, 5) is 13.3. The van der Waals surface area contributed by atoms with Crippen LogP contribution in [0.1, 0.15) is 64.2 Å². The quantitative estimate of drug-likeness (QED) is 0.774. The van der Waals surface area contributed by atoms with Gasteiger partial charge in [-0.15, -0.1) is 0 Å². The van der Waals surface area contributed by atoms with Crippen LogP contribution in [0.15, 0.2) is 0 Å². The topological polar surface area (TPSA) is 40.5 Å². The molecule has 0 spiro atoms. The Kier molecular flexibility index (Phi) is 4.84. The van der Waals surface area contributed by atoms with Crippen molar-refractivity contribution in [2.24, 2.45) is 0 Å². The molecule has 0 bridgehead atoms. The second-order valence-corrected chi connectivity index (χ2v) is 5.61. The maximum Gasteiger partial charge on any atom is 0.303 e. The summed E-state index contributed by atoms with van der Waals surface area (Å²) < 4.78 is 0. The van der Waals surface area contributed by atoms with Gasteiger partial charge in [0.15, 0.2) is 0 Å². The largest absolute Gasteiger partial charge is 0.481 e. The van der Waals surface area contributed by atoms with Crippen LogP contribution in [0.25, 0.3) is 0 Å². The molecule has 2 aliphatic carbocycles. The number of aliphatic carboxylic acids is 1. The van der Waals surface area contributed by atoms with Crippen LogP contribution >= 0.6 is 0 Å². The van der Waals surface area contributed by atoms with E-state index in [1.165, 1.54) is 51.4 Å². The van der Waals surface area contributed by atoms with Crippen molar-refractivity contribution < 1.29 is 9.90 Å². The fourth-order valence-corrected chi connectivity index (χ4v) is 3.55. The van der Waals surface area contributed by atoms with Crippen molar-refractivity contribution in [2.45, 2.75) is 76.3 Å². The van der Waals surface area contributed by atoms with Crippen LogP contribution in [-0.4, -0.2) is 34.6 Å². The zero-order valence-electron chi connectivity index (χ0n) is 10.7. The smallest absolute Gasteiger partial charge is 0.303 e. The number of hydrogen-bond acceptors (Lipinski definition) is 2. The molecule has 2 aliphatic rings. The van der Waals surface area contributed by atoms with Crippen LogP contribution in [0.3, 0.4) is 0 Å². The normalized spacial score (nSPS) is 22.6. The molecule has 0 aromatic heterocycles. The Morgan fingerprint density at radius 1 is 1.00 bits per heavy atom. The number of carboxylic acid groups (broad SMARTS) is 1. The van der Waals surface area contributed by atoms with Gasteiger partial charge in [0, 0.05) is 18.5 Å². The molecule has 0 atom stereocenters. The second kappa shape index (κ2) is 6.39. The van der Waals surface area contributed by atoms with Crippen LogP contribution in [0.5, 0.6) is 0 Å². The van der Waals surface area contributed by atoms with Crippen molar-refractivity contribution >= 4 is 5.97 Å². The predicted octanol–water partition coefficient (Wildman–Crippen LogP) is 3.04. The van der Waals surface area contributed by atoms with E-state index in [1.807, 2.05) is 0 Å². The van der Waals surface area contributed by atoms with Crippen molar-refractivity contribution in [1.82, 2.24) is 4.90 Å². The lowest BCUT2D eigenvalue weighted by molar-refractivity contribution is -0.137. The minimum absolute atomic E-state index is 0.329. The monoisotopic (exact) mass is 239 g/mol. The summed E-state index contributed by atoms with van der Waals surface area (Å²) in [6.07, 6.45) is 12.0. The Morgan fingerprint density at radius 2 is 1.47 bits per heavy atom. The van der Waals surface area contributed by atoms with Gasteiger partial charge in [0.25, 0.3) is 0 Å². The van der Waals surface area contributed by atoms with Gasteiger partial charge in [-0.2, -0.15) is 0 Å². The Bertz CT molecular complexity index is 227. The number of carbonyl (C=O) groups is 1. The van der Waals surface area contributed by atoms with E-state index >= 15 is 0 Å². The standard InChI is InChI=1S/C14H25NO2/c16-14(17)10-5-11-15(12-6-1-2-7-12)13-8-3-4-9-13/h12-13H,1-11H2,(H,16,17). The molecule has 0 aromatic rings. The summed E-state index contributed by atoms with van der Waals surface area (Å²) in [5, 5.41) is 8.74. The van der Waals surface area contributed by atoms with Crippen molar-refractivity contribution in [2.75, 3.05) is 6.54 Å². The molecule has 2 fully saturated rings. The van der Waals surface area contributed by atoms with E-state index < -0.39 is 5.97 Å². The first-order valence-corrected chi connectivity index (χ1v) is 7.25. The third-order valence-electron chi connectivity index (χ3n) is 4.39. The van der Waals surface area contributed by atoms with E-state index in [0.717, 1.165) is 25.0 Å². The highest BCUT2D eigenvalue weighted by molar-refractivity contribution is 5.66. The minimum atomic E-state index is -0.650. The van der Waals surface area contributed by atoms with Crippen LogP contribution in [0.4, 0.5) is 0 Å². The molecule has 0 saturated heterocycles. The second-order valence-electron chi connectivity index (χ2n) is 5.61. The third-order valence-corrected chi connectivity index (χ3v) is 4.39. The first kappa shape index (κ1) is 12.9. The van der Waals surface area contributed by atoms with Crippen LogP contribution in [-0.2, 0) is 4.79 Å². The molecule has 0 aromatic carbocycles. The number of hydrogen-bond donors (Lipinski definition) is 1. The van der Waals surface area contributed by atoms with Crippen LogP contribution in [0.2, 0.25) is 0 Å². The predicted molar refractivity (Wildman–Crippen MR) is 68.1 cm³/mol. The summed E-state index contributed by atoms with van der Waals surface area (Å²) in [5.41, 5.74) is 0. The molecule has 0 radical (unpaired) electrons. The molecular formula is C14H25NO2. The fraction of sp³-hybridized carbons (Fsp3) is 0.929. The van der Waals surface area contributed by atoms with E-state index in [9.17, 15) is 4.79 Å². The first-order chi connectivity index (χ1) is 8.27. The molecule has 17 heavy (non-hydrogen) atoms. The van der Waals surface area contributed by atoms with E-state index in [1.54, 1.807) is 0 Å². The van der Waals surface area contributed by atoms with Gasteiger partial charge in [0.1, 0.15) is 0 Å². The fourth-order valence-electron chi connectivity index (χ4n) is 3.55. The molecule has 0 amide bonds. The number of rotatable bonds is 6. The van der Waals surface area contributed by atoms with Gasteiger partial charge in [0.05, 0.1) is 0 Å². The van der Waals surface area contributed by atoms with Gasteiger partial charge in [-0.1, -0.05) is 25.7 Å². The van der Waals surface area contributed by atoms with Crippen LogP contribution in [0, 0.1) is 0 Å². The Balaban J connectivity index is 1.84. The van der Waals surface area contributed by atoms with E-state index in [0.29, 0.717) is 6.42 Å². The molecule has 2 saturated carbocycles. The Labute approximate surface area is 104 Å². The van der Waals surface area contributed by atoms with Gasteiger partial charge >= 0.3 is 5.97 Å². The molecule has 98 valence electrons. The van der Waals surface area contributed by atoms with Crippen LogP contribution < -0.4 is 0 Å². The Morgan fingerprint density at radius 3 is 1.88 bits per heavy atom. The highest BCUT2D eigenvalue weighted by Crippen LogP contribution is 2.31. The number of nitrogens with zero attached hydrogens (tertiary/aromatic N) is 1. The SMILES string of the molecule is O=C(O)CCCN(C1CCCC1)C1CCCC1. The molecule has 2 rings (SSSR count).